The lowest BCUT2D eigenvalue weighted by Crippen LogP contribution is -2.13. The Labute approximate surface area is 144 Å². The van der Waals surface area contributed by atoms with E-state index < -0.39 is 0 Å². The molecule has 7 heteroatoms. The molecule has 0 aliphatic rings. The summed E-state index contributed by atoms with van der Waals surface area (Å²) in [6, 6.07) is 8.63. The molecule has 0 fully saturated rings. The van der Waals surface area contributed by atoms with E-state index in [9.17, 15) is 9.90 Å². The Balaban J connectivity index is 1.80. The van der Waals surface area contributed by atoms with E-state index in [1.165, 1.54) is 6.07 Å². The van der Waals surface area contributed by atoms with E-state index >= 15 is 0 Å². The second-order valence-electron chi connectivity index (χ2n) is 5.60. The Hall–Kier alpha value is -2.93. The summed E-state index contributed by atoms with van der Waals surface area (Å²) in [6.45, 7) is 1.98. The molecule has 3 N–H and O–H groups in total. The quantitative estimate of drug-likeness (QED) is 0.610. The average Bonchev–Trinajstić information content (AvgIpc) is 3.16. The number of aryl methyl sites for hydroxylation is 1. The molecular formula is C18H20N4O3. The number of furan rings is 1. The van der Waals surface area contributed by atoms with Gasteiger partial charge in [-0.25, -0.2) is 9.97 Å². The zero-order chi connectivity index (χ0) is 17.6. The second kappa shape index (κ2) is 7.76. The zero-order valence-electron chi connectivity index (χ0n) is 13.9. The van der Waals surface area contributed by atoms with Gasteiger partial charge in [0, 0.05) is 30.1 Å². The number of nitrogens with one attached hydrogen (secondary N) is 2. The molecule has 0 aromatic carbocycles. The minimum absolute atomic E-state index is 0.0332. The van der Waals surface area contributed by atoms with Gasteiger partial charge in [-0.1, -0.05) is 6.92 Å². The molecule has 3 rings (SSSR count). The summed E-state index contributed by atoms with van der Waals surface area (Å²) in [5, 5.41) is 12.5. The number of aliphatic hydroxyl groups excluding tert-OH is 1. The number of hydrogen-bond acceptors (Lipinski definition) is 6. The maximum Gasteiger partial charge on any atom is 0.251 e. The minimum Gasteiger partial charge on any atom is -0.467 e. The van der Waals surface area contributed by atoms with Crippen LogP contribution in [0, 0.1) is 0 Å². The van der Waals surface area contributed by atoms with E-state index in [1.807, 2.05) is 19.1 Å². The summed E-state index contributed by atoms with van der Waals surface area (Å²) in [7, 11) is 0. The van der Waals surface area contributed by atoms with Crippen molar-refractivity contribution in [3.05, 3.63) is 64.6 Å². The Morgan fingerprint density at radius 1 is 1.36 bits per heavy atom. The molecule has 1 unspecified atom stereocenters. The van der Waals surface area contributed by atoms with Crippen molar-refractivity contribution in [2.75, 3.05) is 11.9 Å². The number of aliphatic hydroxyl groups is 1. The van der Waals surface area contributed by atoms with Crippen molar-refractivity contribution in [2.45, 2.75) is 25.8 Å². The molecule has 0 aliphatic heterocycles. The summed E-state index contributed by atoms with van der Waals surface area (Å²) in [5.41, 5.74) is 1.29. The van der Waals surface area contributed by atoms with Crippen LogP contribution in [0.5, 0.6) is 0 Å². The molecule has 3 heterocycles. The summed E-state index contributed by atoms with van der Waals surface area (Å²) >= 11 is 0. The Morgan fingerprint density at radius 2 is 2.24 bits per heavy atom. The Bertz CT molecular complexity index is 857. The molecule has 25 heavy (non-hydrogen) atoms. The number of aromatic nitrogens is 3. The number of pyridine rings is 1. The Morgan fingerprint density at radius 3 is 2.88 bits per heavy atom. The van der Waals surface area contributed by atoms with Gasteiger partial charge in [0.1, 0.15) is 17.4 Å². The molecule has 0 aliphatic carbocycles. The van der Waals surface area contributed by atoms with E-state index in [0.717, 1.165) is 17.0 Å². The monoisotopic (exact) mass is 340 g/mol. The van der Waals surface area contributed by atoms with Crippen molar-refractivity contribution in [1.29, 1.82) is 0 Å². The molecule has 130 valence electrons. The molecule has 7 nitrogen and oxygen atoms in total. The third-order valence-corrected chi connectivity index (χ3v) is 3.82. The molecule has 3 aromatic heterocycles. The number of anilines is 1. The molecule has 0 saturated heterocycles. The number of nitrogens with zero attached hydrogens (tertiary/aromatic N) is 2. The van der Waals surface area contributed by atoms with Gasteiger partial charge in [0.15, 0.2) is 0 Å². The first kappa shape index (κ1) is 16.9. The first-order chi connectivity index (χ1) is 12.2. The highest BCUT2D eigenvalue weighted by Crippen LogP contribution is 2.23. The molecule has 0 amide bonds. The van der Waals surface area contributed by atoms with E-state index in [0.29, 0.717) is 24.5 Å². The van der Waals surface area contributed by atoms with Crippen LogP contribution in [0.3, 0.4) is 0 Å². The largest absolute Gasteiger partial charge is 0.467 e. The van der Waals surface area contributed by atoms with Crippen LogP contribution in [-0.4, -0.2) is 26.7 Å². The van der Waals surface area contributed by atoms with Gasteiger partial charge in [-0.05, 0) is 37.1 Å². The van der Waals surface area contributed by atoms with Crippen molar-refractivity contribution < 1.29 is 9.52 Å². The SMILES string of the molecule is CCc1cc(=O)[nH]c(-c2ccc(NC(CCO)c3ccco3)nc2)n1. The standard InChI is InChI=1S/C18H20N4O3/c1-2-13-10-17(24)22-18(20-13)12-5-6-16(19-11-12)21-14(7-8-23)15-4-3-9-25-15/h3-6,9-11,14,23H,2,7-8H2,1H3,(H,19,21)(H,20,22,24). The van der Waals surface area contributed by atoms with Gasteiger partial charge in [0.2, 0.25) is 0 Å². The van der Waals surface area contributed by atoms with Crippen LogP contribution in [0.15, 0.2) is 52.0 Å². The number of hydrogen-bond donors (Lipinski definition) is 3. The average molecular weight is 340 g/mol. The number of H-pyrrole nitrogens is 1. The second-order valence-corrected chi connectivity index (χ2v) is 5.60. The van der Waals surface area contributed by atoms with Crippen molar-refractivity contribution in [3.63, 3.8) is 0 Å². The predicted molar refractivity (Wildman–Crippen MR) is 94.2 cm³/mol. The number of rotatable bonds is 7. The van der Waals surface area contributed by atoms with E-state index in [2.05, 4.69) is 20.3 Å². The van der Waals surface area contributed by atoms with Crippen molar-refractivity contribution in [3.8, 4) is 11.4 Å². The topological polar surface area (TPSA) is 104 Å². The normalized spacial score (nSPS) is 12.1. The molecule has 0 bridgehead atoms. The van der Waals surface area contributed by atoms with E-state index in [-0.39, 0.29) is 18.2 Å². The molecule has 0 saturated carbocycles. The van der Waals surface area contributed by atoms with Gasteiger partial charge < -0.3 is 19.8 Å². The van der Waals surface area contributed by atoms with Gasteiger partial charge in [-0.2, -0.15) is 0 Å². The van der Waals surface area contributed by atoms with Crippen LogP contribution in [0.2, 0.25) is 0 Å². The molecule has 1 atom stereocenters. The fourth-order valence-electron chi connectivity index (χ4n) is 2.53. The maximum absolute atomic E-state index is 11.7. The van der Waals surface area contributed by atoms with Crippen molar-refractivity contribution in [1.82, 2.24) is 15.0 Å². The molecular weight excluding hydrogens is 320 g/mol. The van der Waals surface area contributed by atoms with Crippen LogP contribution < -0.4 is 10.9 Å². The van der Waals surface area contributed by atoms with Gasteiger partial charge in [0.25, 0.3) is 5.56 Å². The molecule has 0 radical (unpaired) electrons. The molecule has 3 aromatic rings. The third-order valence-electron chi connectivity index (χ3n) is 3.82. The van der Waals surface area contributed by atoms with E-state index in [1.54, 1.807) is 24.6 Å². The fourth-order valence-corrected chi connectivity index (χ4v) is 2.53. The fraction of sp³-hybridized carbons (Fsp3) is 0.278. The van der Waals surface area contributed by atoms with Crippen LogP contribution in [0.1, 0.15) is 30.8 Å². The van der Waals surface area contributed by atoms with Crippen molar-refractivity contribution >= 4 is 5.82 Å². The highest BCUT2D eigenvalue weighted by atomic mass is 16.3. The smallest absolute Gasteiger partial charge is 0.251 e. The summed E-state index contributed by atoms with van der Waals surface area (Å²) in [6.07, 6.45) is 4.44. The first-order valence-electron chi connectivity index (χ1n) is 8.17. The lowest BCUT2D eigenvalue weighted by Gasteiger charge is -2.16. The van der Waals surface area contributed by atoms with Gasteiger partial charge >= 0.3 is 0 Å². The van der Waals surface area contributed by atoms with Gasteiger partial charge in [-0.3, -0.25) is 4.79 Å². The predicted octanol–water partition coefficient (Wildman–Crippen LogP) is 2.52. The van der Waals surface area contributed by atoms with Crippen LogP contribution in [-0.2, 0) is 6.42 Å². The highest BCUT2D eigenvalue weighted by Gasteiger charge is 2.14. The third kappa shape index (κ3) is 4.13. The van der Waals surface area contributed by atoms with Gasteiger partial charge in [-0.15, -0.1) is 0 Å². The lowest BCUT2D eigenvalue weighted by molar-refractivity contribution is 0.273. The first-order valence-corrected chi connectivity index (χ1v) is 8.17. The van der Waals surface area contributed by atoms with Crippen LogP contribution in [0.4, 0.5) is 5.82 Å². The Kier molecular flexibility index (Phi) is 5.25. The lowest BCUT2D eigenvalue weighted by atomic mass is 10.1. The van der Waals surface area contributed by atoms with Gasteiger partial charge in [0.05, 0.1) is 12.3 Å². The summed E-state index contributed by atoms with van der Waals surface area (Å²) in [4.78, 5) is 23.2. The zero-order valence-corrected chi connectivity index (χ0v) is 13.9. The summed E-state index contributed by atoms with van der Waals surface area (Å²) < 4.78 is 5.40. The summed E-state index contributed by atoms with van der Waals surface area (Å²) in [5.74, 6) is 1.88. The van der Waals surface area contributed by atoms with Crippen LogP contribution in [0.25, 0.3) is 11.4 Å². The number of aromatic amines is 1. The van der Waals surface area contributed by atoms with Crippen LogP contribution >= 0.6 is 0 Å². The highest BCUT2D eigenvalue weighted by molar-refractivity contribution is 5.56. The molecule has 0 spiro atoms. The minimum atomic E-state index is -0.176. The van der Waals surface area contributed by atoms with Crippen molar-refractivity contribution in [2.24, 2.45) is 0 Å². The van der Waals surface area contributed by atoms with E-state index in [4.69, 9.17) is 4.42 Å². The maximum atomic E-state index is 11.7.